The Bertz CT molecular complexity index is 3420. The van der Waals surface area contributed by atoms with E-state index in [9.17, 15) is 0 Å². The summed E-state index contributed by atoms with van der Waals surface area (Å²) in [7, 11) is 0. The summed E-state index contributed by atoms with van der Waals surface area (Å²) in [6.45, 7) is 0. The van der Waals surface area contributed by atoms with Crippen LogP contribution in [0.4, 0.5) is 17.1 Å². The zero-order valence-corrected chi connectivity index (χ0v) is 30.5. The van der Waals surface area contributed by atoms with Gasteiger partial charge in [-0.1, -0.05) is 140 Å². The lowest BCUT2D eigenvalue weighted by Crippen LogP contribution is -2.09. The number of benzene rings is 11. The van der Waals surface area contributed by atoms with Crippen molar-refractivity contribution < 1.29 is 0 Å². The Balaban J connectivity index is 1.02. The normalized spacial score (nSPS) is 11.9. The maximum Gasteiger partial charge on any atom is 0.0620 e. The zero-order chi connectivity index (χ0) is 36.7. The fourth-order valence-electron chi connectivity index (χ4n) is 9.39. The van der Waals surface area contributed by atoms with Crippen LogP contribution in [-0.2, 0) is 0 Å². The number of hydrogen-bond donors (Lipinski definition) is 0. The monoisotopic (exact) mass is 710 g/mol. The molecule has 0 fully saturated rings. The first-order valence-corrected chi connectivity index (χ1v) is 19.3. The van der Waals surface area contributed by atoms with Crippen LogP contribution in [0, 0.1) is 0 Å². The van der Waals surface area contributed by atoms with E-state index in [4.69, 9.17) is 0 Å². The van der Waals surface area contributed by atoms with Crippen molar-refractivity contribution in [2.45, 2.75) is 0 Å². The van der Waals surface area contributed by atoms with Crippen LogP contribution in [0.5, 0.6) is 0 Å². The van der Waals surface area contributed by atoms with Crippen molar-refractivity contribution in [1.82, 2.24) is 4.57 Å². The molecule has 56 heavy (non-hydrogen) atoms. The molecular formula is C54H34N2. The molecule has 0 amide bonds. The van der Waals surface area contributed by atoms with Crippen molar-refractivity contribution >= 4 is 92.7 Å². The van der Waals surface area contributed by atoms with E-state index in [-0.39, 0.29) is 0 Å². The predicted molar refractivity (Wildman–Crippen MR) is 240 cm³/mol. The van der Waals surface area contributed by atoms with Crippen molar-refractivity contribution in [2.75, 3.05) is 4.90 Å². The van der Waals surface area contributed by atoms with Crippen LogP contribution < -0.4 is 4.90 Å². The average Bonchev–Trinajstić information content (AvgIpc) is 3.60. The van der Waals surface area contributed by atoms with Gasteiger partial charge in [-0.2, -0.15) is 0 Å². The summed E-state index contributed by atoms with van der Waals surface area (Å²) in [6.07, 6.45) is 0. The van der Waals surface area contributed by atoms with Gasteiger partial charge in [0, 0.05) is 38.9 Å². The van der Waals surface area contributed by atoms with E-state index in [1.165, 1.54) is 92.5 Å². The SMILES string of the molecule is c1ccc(N(c2ccccc2)c2ccc3c(ccc4cc(-c5ccc6ccc7c8c(ccc5c68)cc5c6ccccc6n(-c6ccccc6)c57)ccc43)c2)cc1. The number of hydrogen-bond acceptors (Lipinski definition) is 1. The van der Waals surface area contributed by atoms with Crippen molar-refractivity contribution in [2.24, 2.45) is 0 Å². The second-order valence-electron chi connectivity index (χ2n) is 14.9. The van der Waals surface area contributed by atoms with Gasteiger partial charge in [0.05, 0.1) is 11.0 Å². The van der Waals surface area contributed by atoms with Crippen LogP contribution in [0.2, 0.25) is 0 Å². The van der Waals surface area contributed by atoms with Crippen LogP contribution in [0.3, 0.4) is 0 Å². The van der Waals surface area contributed by atoms with E-state index in [1.807, 2.05) is 0 Å². The minimum Gasteiger partial charge on any atom is -0.310 e. The standard InChI is InChI=1S/C54H34N2/c1-4-12-40(13-5-1)55(41-14-6-2-7-15-41)43-26-31-45-38(33-43)21-20-36-32-37(24-28-44(36)45)46-27-22-35-23-30-49-53-39(25-29-48(46)52(35)53)34-50-47-18-10-11-19-51(47)56(54(49)50)42-16-8-3-9-17-42/h1-34H. The number of aromatic nitrogens is 1. The van der Waals surface area contributed by atoms with Crippen LogP contribution in [0.25, 0.3) is 92.5 Å². The number of nitrogens with zero attached hydrogens (tertiary/aromatic N) is 2. The van der Waals surface area contributed by atoms with E-state index < -0.39 is 0 Å². The quantitative estimate of drug-likeness (QED) is 0.161. The van der Waals surface area contributed by atoms with Crippen LogP contribution in [0.1, 0.15) is 0 Å². The van der Waals surface area contributed by atoms with Gasteiger partial charge in [0.15, 0.2) is 0 Å². The third-order valence-electron chi connectivity index (χ3n) is 11.8. The molecule has 0 saturated heterocycles. The third-order valence-corrected chi connectivity index (χ3v) is 11.8. The van der Waals surface area contributed by atoms with Gasteiger partial charge in [-0.3, -0.25) is 0 Å². The molecule has 0 saturated carbocycles. The van der Waals surface area contributed by atoms with E-state index in [2.05, 4.69) is 216 Å². The highest BCUT2D eigenvalue weighted by molar-refractivity contribution is 6.33. The first kappa shape index (κ1) is 31.0. The highest BCUT2D eigenvalue weighted by Crippen LogP contribution is 2.45. The van der Waals surface area contributed by atoms with Crippen LogP contribution >= 0.6 is 0 Å². The van der Waals surface area contributed by atoms with Crippen molar-refractivity contribution in [3.8, 4) is 16.8 Å². The van der Waals surface area contributed by atoms with E-state index in [0.29, 0.717) is 0 Å². The summed E-state index contributed by atoms with van der Waals surface area (Å²) in [5, 5.41) is 15.3. The topological polar surface area (TPSA) is 8.17 Å². The maximum absolute atomic E-state index is 2.45. The largest absolute Gasteiger partial charge is 0.310 e. The molecule has 0 N–H and O–H groups in total. The molecule has 0 bridgehead atoms. The molecule has 1 heterocycles. The molecule has 0 spiro atoms. The molecule has 0 radical (unpaired) electrons. The van der Waals surface area contributed by atoms with Gasteiger partial charge >= 0.3 is 0 Å². The van der Waals surface area contributed by atoms with Gasteiger partial charge in [-0.15, -0.1) is 0 Å². The summed E-state index contributed by atoms with van der Waals surface area (Å²) in [5.41, 5.74) is 9.58. The van der Waals surface area contributed by atoms with Gasteiger partial charge in [-0.25, -0.2) is 0 Å². The van der Waals surface area contributed by atoms with Gasteiger partial charge in [-0.05, 0) is 126 Å². The van der Waals surface area contributed by atoms with Crippen LogP contribution in [-0.4, -0.2) is 4.57 Å². The Kier molecular flexibility index (Phi) is 6.66. The summed E-state index contributed by atoms with van der Waals surface area (Å²) in [6, 6.07) is 75.6. The number of rotatable bonds is 5. The van der Waals surface area contributed by atoms with Gasteiger partial charge in [0.1, 0.15) is 0 Å². The lowest BCUT2D eigenvalue weighted by molar-refractivity contribution is 1.19. The molecule has 12 aromatic rings. The van der Waals surface area contributed by atoms with Crippen molar-refractivity contribution in [1.29, 1.82) is 0 Å². The fourth-order valence-corrected chi connectivity index (χ4v) is 9.39. The summed E-state index contributed by atoms with van der Waals surface area (Å²) < 4.78 is 2.45. The highest BCUT2D eigenvalue weighted by Gasteiger charge is 2.20. The molecule has 2 nitrogen and oxygen atoms in total. The summed E-state index contributed by atoms with van der Waals surface area (Å²) in [4.78, 5) is 2.33. The molecule has 1 aromatic heterocycles. The van der Waals surface area contributed by atoms with Gasteiger partial charge < -0.3 is 9.47 Å². The molecule has 0 aliphatic rings. The van der Waals surface area contributed by atoms with Crippen molar-refractivity contribution in [3.63, 3.8) is 0 Å². The average molecular weight is 711 g/mol. The Labute approximate surface area is 324 Å². The number of para-hydroxylation sites is 4. The van der Waals surface area contributed by atoms with Crippen molar-refractivity contribution in [3.05, 3.63) is 206 Å². The van der Waals surface area contributed by atoms with Crippen LogP contribution in [0.15, 0.2) is 206 Å². The molecule has 0 unspecified atom stereocenters. The fraction of sp³-hybridized carbons (Fsp3) is 0. The molecule has 0 aliphatic heterocycles. The summed E-state index contributed by atoms with van der Waals surface area (Å²) in [5.74, 6) is 0. The van der Waals surface area contributed by atoms with Gasteiger partial charge in [0.25, 0.3) is 0 Å². The number of anilines is 3. The minimum atomic E-state index is 1.14. The zero-order valence-electron chi connectivity index (χ0n) is 30.5. The Morgan fingerprint density at radius 3 is 1.66 bits per heavy atom. The Morgan fingerprint density at radius 2 is 0.893 bits per heavy atom. The lowest BCUT2D eigenvalue weighted by Gasteiger charge is -2.25. The Hall–Kier alpha value is -7.42. The molecule has 2 heteroatoms. The molecule has 11 aromatic carbocycles. The second-order valence-corrected chi connectivity index (χ2v) is 14.9. The smallest absolute Gasteiger partial charge is 0.0620 e. The molecular weight excluding hydrogens is 677 g/mol. The predicted octanol–water partition coefficient (Wildman–Crippen LogP) is 15.1. The minimum absolute atomic E-state index is 1.14. The Morgan fingerprint density at radius 1 is 0.321 bits per heavy atom. The first-order chi connectivity index (χ1) is 27.8. The van der Waals surface area contributed by atoms with E-state index >= 15 is 0 Å². The lowest BCUT2D eigenvalue weighted by atomic mass is 9.88. The van der Waals surface area contributed by atoms with E-state index in [0.717, 1.165) is 17.1 Å². The first-order valence-electron chi connectivity index (χ1n) is 19.3. The van der Waals surface area contributed by atoms with E-state index in [1.54, 1.807) is 0 Å². The molecule has 0 atom stereocenters. The highest BCUT2D eigenvalue weighted by atomic mass is 15.1. The molecule has 0 aliphatic carbocycles. The number of fused-ring (bicyclic) bond motifs is 7. The molecule has 12 rings (SSSR count). The molecule has 260 valence electrons. The second kappa shape index (κ2) is 12.0. The summed E-state index contributed by atoms with van der Waals surface area (Å²) >= 11 is 0. The van der Waals surface area contributed by atoms with Gasteiger partial charge in [0.2, 0.25) is 0 Å². The third kappa shape index (κ3) is 4.57. The maximum atomic E-state index is 2.45.